The highest BCUT2D eigenvalue weighted by molar-refractivity contribution is 5.82. The fraction of sp³-hybridized carbons (Fsp3) is 0.538. The van der Waals surface area contributed by atoms with Crippen LogP contribution in [0.4, 0.5) is 0 Å². The molecule has 2 saturated heterocycles. The number of carbonyl (C=O) groups is 1. The molecule has 3 unspecified atom stereocenters. The zero-order valence-corrected chi connectivity index (χ0v) is 10.7. The van der Waals surface area contributed by atoms with E-state index in [9.17, 15) is 4.79 Å². The third-order valence-corrected chi connectivity index (χ3v) is 3.83. The number of hydrogen-bond acceptors (Lipinski definition) is 5. The van der Waals surface area contributed by atoms with E-state index in [0.29, 0.717) is 18.5 Å². The van der Waals surface area contributed by atoms with Gasteiger partial charge in [0.25, 0.3) is 0 Å². The van der Waals surface area contributed by atoms with Crippen molar-refractivity contribution in [3.8, 4) is 0 Å². The molecule has 2 aliphatic heterocycles. The van der Waals surface area contributed by atoms with Crippen molar-refractivity contribution in [2.24, 2.45) is 5.92 Å². The van der Waals surface area contributed by atoms with Crippen molar-refractivity contribution < 1.29 is 4.79 Å². The fourth-order valence-corrected chi connectivity index (χ4v) is 2.77. The minimum absolute atomic E-state index is 0.0364. The molecular formula is C13H19N5O. The Labute approximate surface area is 112 Å². The van der Waals surface area contributed by atoms with Crippen LogP contribution in [0.25, 0.3) is 0 Å². The molecule has 0 bridgehead atoms. The van der Waals surface area contributed by atoms with Crippen LogP contribution in [-0.2, 0) is 11.3 Å². The van der Waals surface area contributed by atoms with Gasteiger partial charge in [-0.3, -0.25) is 15.2 Å². The molecule has 0 radical (unpaired) electrons. The van der Waals surface area contributed by atoms with Crippen LogP contribution in [0.5, 0.6) is 0 Å². The highest BCUT2D eigenvalue weighted by Crippen LogP contribution is 2.19. The lowest BCUT2D eigenvalue weighted by molar-refractivity contribution is -0.124. The molecule has 3 heterocycles. The molecule has 0 aromatic carbocycles. The highest BCUT2D eigenvalue weighted by Gasteiger charge is 2.40. The number of carbonyl (C=O) groups excluding carboxylic acids is 1. The summed E-state index contributed by atoms with van der Waals surface area (Å²) < 4.78 is 0. The third kappa shape index (κ3) is 2.75. The number of hydrazine groups is 1. The largest absolute Gasteiger partial charge is 0.349 e. The predicted octanol–water partition coefficient (Wildman–Crippen LogP) is -0.848. The minimum Gasteiger partial charge on any atom is -0.349 e. The molecule has 0 aliphatic carbocycles. The Hall–Kier alpha value is -1.50. The number of nitrogens with one attached hydrogen (secondary N) is 4. The van der Waals surface area contributed by atoms with Crippen molar-refractivity contribution >= 4 is 5.91 Å². The zero-order chi connectivity index (χ0) is 13.1. The second-order valence-electron chi connectivity index (χ2n) is 5.07. The average molecular weight is 261 g/mol. The molecule has 3 rings (SSSR count). The number of hydrogen-bond donors (Lipinski definition) is 4. The second-order valence-corrected chi connectivity index (χ2v) is 5.07. The SMILES string of the molecule is O=C(NCc1ccccn1)C1NNC2CCNCC21. The number of amides is 1. The van der Waals surface area contributed by atoms with Gasteiger partial charge in [0.15, 0.2) is 0 Å². The Morgan fingerprint density at radius 2 is 2.37 bits per heavy atom. The molecule has 2 aliphatic rings. The maximum absolute atomic E-state index is 12.2. The molecular weight excluding hydrogens is 242 g/mol. The van der Waals surface area contributed by atoms with Gasteiger partial charge in [-0.15, -0.1) is 0 Å². The molecule has 1 amide bonds. The number of rotatable bonds is 3. The van der Waals surface area contributed by atoms with Crippen molar-refractivity contribution in [2.75, 3.05) is 13.1 Å². The predicted molar refractivity (Wildman–Crippen MR) is 70.9 cm³/mol. The first kappa shape index (κ1) is 12.5. The summed E-state index contributed by atoms with van der Waals surface area (Å²) in [7, 11) is 0. The quantitative estimate of drug-likeness (QED) is 0.570. The number of pyridine rings is 1. The van der Waals surface area contributed by atoms with Gasteiger partial charge in [0.1, 0.15) is 6.04 Å². The first-order valence-electron chi connectivity index (χ1n) is 6.74. The van der Waals surface area contributed by atoms with Crippen LogP contribution in [0.1, 0.15) is 12.1 Å². The van der Waals surface area contributed by atoms with Crippen LogP contribution in [-0.4, -0.2) is 36.1 Å². The molecule has 0 spiro atoms. The Morgan fingerprint density at radius 3 is 3.21 bits per heavy atom. The van der Waals surface area contributed by atoms with E-state index in [1.54, 1.807) is 6.20 Å². The smallest absolute Gasteiger partial charge is 0.239 e. The van der Waals surface area contributed by atoms with Crippen molar-refractivity contribution in [2.45, 2.75) is 25.0 Å². The Morgan fingerprint density at radius 1 is 1.42 bits per heavy atom. The lowest BCUT2D eigenvalue weighted by Crippen LogP contribution is -2.49. The number of fused-ring (bicyclic) bond motifs is 1. The number of piperidine rings is 1. The molecule has 1 aromatic heterocycles. The minimum atomic E-state index is -0.165. The standard InChI is InChI=1S/C13H19N5O/c19-13(16-7-9-3-1-2-5-15-9)12-10-8-14-6-4-11(10)17-18-12/h1-3,5,10-12,14,17-18H,4,6-8H2,(H,16,19). The van der Waals surface area contributed by atoms with Gasteiger partial charge in [-0.1, -0.05) is 6.07 Å². The van der Waals surface area contributed by atoms with Gasteiger partial charge in [-0.05, 0) is 25.1 Å². The first-order chi connectivity index (χ1) is 9.34. The Kier molecular flexibility index (Phi) is 3.72. The van der Waals surface area contributed by atoms with E-state index in [2.05, 4.69) is 26.5 Å². The summed E-state index contributed by atoms with van der Waals surface area (Å²) in [5, 5.41) is 6.28. The van der Waals surface area contributed by atoms with Gasteiger partial charge < -0.3 is 10.6 Å². The summed E-state index contributed by atoms with van der Waals surface area (Å²) in [6, 6.07) is 5.93. The van der Waals surface area contributed by atoms with E-state index in [4.69, 9.17) is 0 Å². The zero-order valence-electron chi connectivity index (χ0n) is 10.7. The Bertz CT molecular complexity index is 438. The summed E-state index contributed by atoms with van der Waals surface area (Å²) in [5.74, 6) is 0.354. The normalized spacial score (nSPS) is 29.8. The average Bonchev–Trinajstić information content (AvgIpc) is 2.90. The van der Waals surface area contributed by atoms with Gasteiger partial charge in [0.2, 0.25) is 5.91 Å². The Balaban J connectivity index is 1.56. The third-order valence-electron chi connectivity index (χ3n) is 3.83. The van der Waals surface area contributed by atoms with Crippen molar-refractivity contribution in [3.05, 3.63) is 30.1 Å². The second kappa shape index (κ2) is 5.64. The molecule has 0 saturated carbocycles. The lowest BCUT2D eigenvalue weighted by Gasteiger charge is -2.27. The monoisotopic (exact) mass is 261 g/mol. The molecule has 19 heavy (non-hydrogen) atoms. The van der Waals surface area contributed by atoms with Gasteiger partial charge >= 0.3 is 0 Å². The molecule has 2 fully saturated rings. The van der Waals surface area contributed by atoms with Gasteiger partial charge in [-0.2, -0.15) is 0 Å². The van der Waals surface area contributed by atoms with Crippen LogP contribution in [0, 0.1) is 5.92 Å². The van der Waals surface area contributed by atoms with Crippen LogP contribution >= 0.6 is 0 Å². The molecule has 6 nitrogen and oxygen atoms in total. The maximum atomic E-state index is 12.2. The van der Waals surface area contributed by atoms with E-state index >= 15 is 0 Å². The van der Waals surface area contributed by atoms with Crippen molar-refractivity contribution in [3.63, 3.8) is 0 Å². The number of aromatic nitrogens is 1. The summed E-state index contributed by atoms with van der Waals surface area (Å²) in [6.07, 6.45) is 2.79. The molecule has 4 N–H and O–H groups in total. The summed E-state index contributed by atoms with van der Waals surface area (Å²) in [5.41, 5.74) is 7.21. The van der Waals surface area contributed by atoms with Gasteiger partial charge in [0.05, 0.1) is 12.2 Å². The highest BCUT2D eigenvalue weighted by atomic mass is 16.2. The van der Waals surface area contributed by atoms with Crippen LogP contribution < -0.4 is 21.5 Å². The van der Waals surface area contributed by atoms with Crippen LogP contribution in [0.15, 0.2) is 24.4 Å². The fourth-order valence-electron chi connectivity index (χ4n) is 2.77. The molecule has 1 aromatic rings. The van der Waals surface area contributed by atoms with E-state index in [1.165, 1.54) is 0 Å². The summed E-state index contributed by atoms with van der Waals surface area (Å²) in [6.45, 7) is 2.37. The topological polar surface area (TPSA) is 78.1 Å². The van der Waals surface area contributed by atoms with Gasteiger partial charge in [0, 0.05) is 24.7 Å². The van der Waals surface area contributed by atoms with E-state index in [-0.39, 0.29) is 11.9 Å². The molecule has 3 atom stereocenters. The molecule has 6 heteroatoms. The summed E-state index contributed by atoms with van der Waals surface area (Å²) in [4.78, 5) is 16.4. The van der Waals surface area contributed by atoms with Gasteiger partial charge in [-0.25, -0.2) is 5.43 Å². The number of nitrogens with zero attached hydrogens (tertiary/aromatic N) is 1. The van der Waals surface area contributed by atoms with Crippen LogP contribution in [0.3, 0.4) is 0 Å². The van der Waals surface area contributed by atoms with Crippen LogP contribution in [0.2, 0.25) is 0 Å². The van der Waals surface area contributed by atoms with E-state index in [0.717, 1.165) is 25.2 Å². The first-order valence-corrected chi connectivity index (χ1v) is 6.74. The maximum Gasteiger partial charge on any atom is 0.239 e. The van der Waals surface area contributed by atoms with Crippen molar-refractivity contribution in [1.82, 2.24) is 26.5 Å². The summed E-state index contributed by atoms with van der Waals surface area (Å²) >= 11 is 0. The molecule has 102 valence electrons. The lowest BCUT2D eigenvalue weighted by atomic mass is 9.89. The van der Waals surface area contributed by atoms with Crippen molar-refractivity contribution in [1.29, 1.82) is 0 Å². The van der Waals surface area contributed by atoms with E-state index < -0.39 is 0 Å². The van der Waals surface area contributed by atoms with E-state index in [1.807, 2.05) is 18.2 Å².